The molecule has 0 saturated heterocycles. The smallest absolute Gasteiger partial charge is 0.271 e. The molecule has 0 fully saturated rings. The van der Waals surface area contributed by atoms with Gasteiger partial charge in [-0.25, -0.2) is 0 Å². The number of carbonyl (C=O) groups is 3. The van der Waals surface area contributed by atoms with E-state index >= 15 is 0 Å². The Bertz CT molecular complexity index is 1070. The van der Waals surface area contributed by atoms with Crippen LogP contribution in [0.4, 0.5) is 5.69 Å². The van der Waals surface area contributed by atoms with Gasteiger partial charge in [-0.05, 0) is 54.6 Å². The summed E-state index contributed by atoms with van der Waals surface area (Å²) in [6, 6.07) is 19.7. The molecule has 0 atom stereocenters. The Morgan fingerprint density at radius 3 is 2.14 bits per heavy atom. The SMILES string of the molecule is O=C(NNC(=O)c1ccccc1Cl)c1cccc(NC(=O)c2ccc(Br)cc2)c1. The highest BCUT2D eigenvalue weighted by atomic mass is 79.9. The zero-order chi connectivity index (χ0) is 20.8. The van der Waals surface area contributed by atoms with Crippen LogP contribution in [0.15, 0.2) is 77.3 Å². The Morgan fingerprint density at radius 2 is 1.41 bits per heavy atom. The predicted molar refractivity (Wildman–Crippen MR) is 115 cm³/mol. The third kappa shape index (κ3) is 5.43. The van der Waals surface area contributed by atoms with Gasteiger partial charge in [0.15, 0.2) is 0 Å². The van der Waals surface area contributed by atoms with Crippen molar-refractivity contribution >= 4 is 50.9 Å². The molecule has 0 aliphatic heterocycles. The third-order valence-corrected chi connectivity index (χ3v) is 4.76. The molecule has 0 aliphatic carbocycles. The lowest BCUT2D eigenvalue weighted by Gasteiger charge is -2.10. The molecule has 0 saturated carbocycles. The van der Waals surface area contributed by atoms with Crippen molar-refractivity contribution < 1.29 is 14.4 Å². The van der Waals surface area contributed by atoms with Crippen LogP contribution in [0.2, 0.25) is 5.02 Å². The van der Waals surface area contributed by atoms with E-state index in [2.05, 4.69) is 32.1 Å². The summed E-state index contributed by atoms with van der Waals surface area (Å²) in [6.07, 6.45) is 0. The lowest BCUT2D eigenvalue weighted by molar-refractivity contribution is 0.0847. The lowest BCUT2D eigenvalue weighted by atomic mass is 10.1. The minimum absolute atomic E-state index is 0.241. The Kier molecular flexibility index (Phi) is 6.64. The zero-order valence-corrected chi connectivity index (χ0v) is 17.3. The molecule has 0 bridgehead atoms. The number of rotatable bonds is 4. The van der Waals surface area contributed by atoms with Gasteiger partial charge in [-0.15, -0.1) is 0 Å². The molecule has 0 heterocycles. The minimum Gasteiger partial charge on any atom is -0.322 e. The normalized spacial score (nSPS) is 10.1. The van der Waals surface area contributed by atoms with Crippen LogP contribution >= 0.6 is 27.5 Å². The molecule has 0 spiro atoms. The van der Waals surface area contributed by atoms with Crippen molar-refractivity contribution in [2.24, 2.45) is 0 Å². The van der Waals surface area contributed by atoms with Gasteiger partial charge in [0, 0.05) is 21.3 Å². The number of nitrogens with one attached hydrogen (secondary N) is 3. The molecule has 0 aliphatic rings. The van der Waals surface area contributed by atoms with Crippen molar-refractivity contribution in [1.29, 1.82) is 0 Å². The van der Waals surface area contributed by atoms with E-state index in [-0.39, 0.29) is 22.1 Å². The van der Waals surface area contributed by atoms with Crippen molar-refractivity contribution in [3.8, 4) is 0 Å². The fraction of sp³-hybridized carbons (Fsp3) is 0. The summed E-state index contributed by atoms with van der Waals surface area (Å²) in [4.78, 5) is 36.8. The van der Waals surface area contributed by atoms with E-state index in [0.717, 1.165) is 4.47 Å². The van der Waals surface area contributed by atoms with E-state index in [1.54, 1.807) is 66.7 Å². The molecule has 0 radical (unpaired) electrons. The molecule has 146 valence electrons. The molecule has 3 rings (SSSR count). The number of benzene rings is 3. The van der Waals surface area contributed by atoms with Gasteiger partial charge in [0.1, 0.15) is 0 Å². The summed E-state index contributed by atoms with van der Waals surface area (Å²) in [5.74, 6) is -1.38. The van der Waals surface area contributed by atoms with Crippen molar-refractivity contribution in [3.05, 3.63) is 99.0 Å². The number of hydrogen-bond acceptors (Lipinski definition) is 3. The Labute approximate surface area is 180 Å². The summed E-state index contributed by atoms with van der Waals surface area (Å²) in [5, 5.41) is 3.01. The quantitative estimate of drug-likeness (QED) is 0.491. The maximum Gasteiger partial charge on any atom is 0.271 e. The van der Waals surface area contributed by atoms with Gasteiger partial charge in [-0.3, -0.25) is 25.2 Å². The van der Waals surface area contributed by atoms with E-state index in [0.29, 0.717) is 11.3 Å². The summed E-state index contributed by atoms with van der Waals surface area (Å²) in [6.45, 7) is 0. The first-order valence-corrected chi connectivity index (χ1v) is 9.63. The van der Waals surface area contributed by atoms with E-state index in [1.165, 1.54) is 6.07 Å². The van der Waals surface area contributed by atoms with Crippen LogP contribution in [0.3, 0.4) is 0 Å². The maximum atomic E-state index is 12.3. The Balaban J connectivity index is 1.63. The largest absolute Gasteiger partial charge is 0.322 e. The van der Waals surface area contributed by atoms with E-state index in [1.807, 2.05) is 0 Å². The summed E-state index contributed by atoms with van der Waals surface area (Å²) in [5.41, 5.74) is 6.07. The van der Waals surface area contributed by atoms with Gasteiger partial charge in [-0.1, -0.05) is 45.7 Å². The predicted octanol–water partition coefficient (Wildman–Crippen LogP) is 4.43. The monoisotopic (exact) mass is 471 g/mol. The first-order valence-electron chi connectivity index (χ1n) is 8.46. The second-order valence-corrected chi connectivity index (χ2v) is 7.25. The molecule has 8 heteroatoms. The number of hydrazine groups is 1. The van der Waals surface area contributed by atoms with Crippen LogP contribution in [0.1, 0.15) is 31.1 Å². The highest BCUT2D eigenvalue weighted by Crippen LogP contribution is 2.16. The van der Waals surface area contributed by atoms with Gasteiger partial charge in [0.25, 0.3) is 17.7 Å². The third-order valence-electron chi connectivity index (χ3n) is 3.90. The molecule has 0 unspecified atom stereocenters. The van der Waals surface area contributed by atoms with Crippen molar-refractivity contribution in [3.63, 3.8) is 0 Å². The highest BCUT2D eigenvalue weighted by molar-refractivity contribution is 9.10. The number of amides is 3. The standard InChI is InChI=1S/C21H15BrClN3O3/c22-15-10-8-13(9-11-15)19(27)24-16-5-3-4-14(12-16)20(28)25-26-21(29)17-6-1-2-7-18(17)23/h1-12H,(H,24,27)(H,25,28)(H,26,29). The summed E-state index contributed by atoms with van der Waals surface area (Å²) >= 11 is 9.28. The van der Waals surface area contributed by atoms with Gasteiger partial charge < -0.3 is 5.32 Å². The second kappa shape index (κ2) is 9.36. The molecule has 29 heavy (non-hydrogen) atoms. The molecule has 6 nitrogen and oxygen atoms in total. The molecule has 3 amide bonds. The van der Waals surface area contributed by atoms with Crippen molar-refractivity contribution in [2.45, 2.75) is 0 Å². The highest BCUT2D eigenvalue weighted by Gasteiger charge is 2.13. The fourth-order valence-corrected chi connectivity index (χ4v) is 2.93. The zero-order valence-electron chi connectivity index (χ0n) is 14.9. The molecule has 3 N–H and O–H groups in total. The van der Waals surface area contributed by atoms with Crippen LogP contribution < -0.4 is 16.2 Å². The van der Waals surface area contributed by atoms with Gasteiger partial charge in [0.05, 0.1) is 10.6 Å². The summed E-state index contributed by atoms with van der Waals surface area (Å²) in [7, 11) is 0. The Morgan fingerprint density at radius 1 is 0.724 bits per heavy atom. The maximum absolute atomic E-state index is 12.3. The molecule has 3 aromatic carbocycles. The fourth-order valence-electron chi connectivity index (χ4n) is 2.44. The first kappa shape index (κ1) is 20.6. The van der Waals surface area contributed by atoms with Crippen molar-refractivity contribution in [2.75, 3.05) is 5.32 Å². The number of anilines is 1. The van der Waals surface area contributed by atoms with Crippen molar-refractivity contribution in [1.82, 2.24) is 10.9 Å². The average Bonchev–Trinajstić information content (AvgIpc) is 2.72. The van der Waals surface area contributed by atoms with Crippen LogP contribution in [-0.2, 0) is 0 Å². The minimum atomic E-state index is -0.538. The van der Waals surface area contributed by atoms with Crippen LogP contribution in [0, 0.1) is 0 Å². The van der Waals surface area contributed by atoms with Crippen LogP contribution in [0.5, 0.6) is 0 Å². The number of carbonyl (C=O) groups excluding carboxylic acids is 3. The first-order chi connectivity index (χ1) is 13.9. The van der Waals surface area contributed by atoms with E-state index in [4.69, 9.17) is 11.6 Å². The molecular weight excluding hydrogens is 458 g/mol. The van der Waals surface area contributed by atoms with Gasteiger partial charge in [0.2, 0.25) is 0 Å². The topological polar surface area (TPSA) is 87.3 Å². The van der Waals surface area contributed by atoms with Gasteiger partial charge >= 0.3 is 0 Å². The van der Waals surface area contributed by atoms with E-state index < -0.39 is 11.8 Å². The van der Waals surface area contributed by atoms with Gasteiger partial charge in [-0.2, -0.15) is 0 Å². The second-order valence-electron chi connectivity index (χ2n) is 5.93. The average molecular weight is 473 g/mol. The molecule has 3 aromatic rings. The summed E-state index contributed by atoms with van der Waals surface area (Å²) < 4.78 is 0.867. The molecule has 0 aromatic heterocycles. The number of hydrogen-bond donors (Lipinski definition) is 3. The Hall–Kier alpha value is -3.16. The van der Waals surface area contributed by atoms with E-state index in [9.17, 15) is 14.4 Å². The van der Waals surface area contributed by atoms with Crippen LogP contribution in [0.25, 0.3) is 0 Å². The van der Waals surface area contributed by atoms with Crippen LogP contribution in [-0.4, -0.2) is 17.7 Å². The molecular formula is C21H15BrClN3O3. The number of halogens is 2. The lowest BCUT2D eigenvalue weighted by Crippen LogP contribution is -2.41.